The number of ether oxygens (including phenoxy) is 1. The topological polar surface area (TPSA) is 52.9 Å². The molecule has 4 nitrogen and oxygen atoms in total. The molecule has 1 aliphatic heterocycles. The summed E-state index contributed by atoms with van der Waals surface area (Å²) in [5, 5.41) is 24.2. The van der Waals surface area contributed by atoms with Crippen LogP contribution in [0.5, 0.6) is 5.75 Å². The average Bonchev–Trinajstić information content (AvgIpc) is 2.79. The number of rotatable bonds is 7. The molecule has 32 heavy (non-hydrogen) atoms. The van der Waals surface area contributed by atoms with Gasteiger partial charge in [-0.1, -0.05) is 60.1 Å². The van der Waals surface area contributed by atoms with Crippen molar-refractivity contribution in [1.29, 1.82) is 0 Å². The zero-order chi connectivity index (χ0) is 21.8. The van der Waals surface area contributed by atoms with Crippen molar-refractivity contribution in [3.63, 3.8) is 0 Å². The van der Waals surface area contributed by atoms with Crippen LogP contribution in [0.25, 0.3) is 10.8 Å². The van der Waals surface area contributed by atoms with Gasteiger partial charge in [-0.2, -0.15) is 0 Å². The lowest BCUT2D eigenvalue weighted by atomic mass is 9.85. The van der Waals surface area contributed by atoms with Crippen molar-refractivity contribution < 1.29 is 14.9 Å². The predicted molar refractivity (Wildman–Crippen MR) is 133 cm³/mol. The van der Waals surface area contributed by atoms with Crippen molar-refractivity contribution in [1.82, 2.24) is 4.90 Å². The van der Waals surface area contributed by atoms with E-state index < -0.39 is 11.7 Å². The molecule has 0 saturated carbocycles. The number of hydrogen-bond donors (Lipinski definition) is 2. The van der Waals surface area contributed by atoms with Crippen molar-refractivity contribution in [2.45, 2.75) is 37.4 Å². The van der Waals surface area contributed by atoms with Crippen LogP contribution in [0.1, 0.15) is 36.5 Å². The minimum absolute atomic E-state index is 0. The number of methoxy groups -OCH3 is 1. The monoisotopic (exact) mass is 475 g/mol. The SMILES string of the molecule is COc1ccc2cc(C(O)CCN3CCC(O)(Cc4ccccc4)CC3)ccc2c1Cl.Cl. The molecule has 1 fully saturated rings. The van der Waals surface area contributed by atoms with E-state index in [4.69, 9.17) is 16.3 Å². The van der Waals surface area contributed by atoms with Gasteiger partial charge in [0.15, 0.2) is 0 Å². The highest BCUT2D eigenvalue weighted by atomic mass is 35.5. The second kappa shape index (κ2) is 10.9. The first-order chi connectivity index (χ1) is 15.0. The number of halogens is 2. The maximum atomic E-state index is 11.0. The number of likely N-dealkylation sites (tertiary alicyclic amines) is 1. The van der Waals surface area contributed by atoms with E-state index in [-0.39, 0.29) is 12.4 Å². The molecule has 0 amide bonds. The molecule has 3 aromatic rings. The Labute approximate surface area is 201 Å². The normalized spacial score (nSPS) is 17.0. The van der Waals surface area contributed by atoms with Gasteiger partial charge in [0.25, 0.3) is 0 Å². The molecule has 4 rings (SSSR count). The standard InChI is InChI=1S/C26H30ClNO3.ClH/c1-31-24-10-8-20-17-21(7-9-22(20)25(24)27)23(29)11-14-28-15-12-26(30,13-16-28)18-19-5-3-2-4-6-19;/h2-10,17,23,29-30H,11-16,18H2,1H3;1H. The molecule has 1 atom stereocenters. The van der Waals surface area contributed by atoms with Crippen LogP contribution in [0.2, 0.25) is 5.02 Å². The molecule has 2 N–H and O–H groups in total. The number of aliphatic hydroxyl groups excluding tert-OH is 1. The molecular weight excluding hydrogens is 445 g/mol. The molecule has 1 aliphatic rings. The van der Waals surface area contributed by atoms with Crippen LogP contribution >= 0.6 is 24.0 Å². The molecule has 172 valence electrons. The molecule has 0 spiro atoms. The van der Waals surface area contributed by atoms with Gasteiger partial charge in [-0.15, -0.1) is 12.4 Å². The molecular formula is C26H31Cl2NO3. The summed E-state index contributed by atoms with van der Waals surface area (Å²) in [6.07, 6.45) is 2.35. The van der Waals surface area contributed by atoms with E-state index in [1.165, 1.54) is 5.56 Å². The van der Waals surface area contributed by atoms with Gasteiger partial charge in [0, 0.05) is 31.4 Å². The van der Waals surface area contributed by atoms with Crippen LogP contribution in [0.3, 0.4) is 0 Å². The Morgan fingerprint density at radius 3 is 2.47 bits per heavy atom. The number of hydrogen-bond acceptors (Lipinski definition) is 4. The van der Waals surface area contributed by atoms with Gasteiger partial charge < -0.3 is 19.8 Å². The largest absolute Gasteiger partial charge is 0.495 e. The first kappa shape index (κ1) is 24.8. The molecule has 0 bridgehead atoms. The molecule has 1 saturated heterocycles. The minimum Gasteiger partial charge on any atom is -0.495 e. The highest BCUT2D eigenvalue weighted by Crippen LogP contribution is 2.34. The fourth-order valence-corrected chi connectivity index (χ4v) is 4.78. The number of piperidine rings is 1. The summed E-state index contributed by atoms with van der Waals surface area (Å²) in [6.45, 7) is 2.51. The quantitative estimate of drug-likeness (QED) is 0.479. The van der Waals surface area contributed by atoms with Crippen molar-refractivity contribution in [2.24, 2.45) is 0 Å². The molecule has 0 aliphatic carbocycles. The Morgan fingerprint density at radius 2 is 1.78 bits per heavy atom. The Balaban J connectivity index is 0.00000289. The third-order valence-corrected chi connectivity index (χ3v) is 6.82. The lowest BCUT2D eigenvalue weighted by molar-refractivity contribution is -0.0229. The van der Waals surface area contributed by atoms with Crippen molar-refractivity contribution in [3.05, 3.63) is 76.8 Å². The van der Waals surface area contributed by atoms with Crippen molar-refractivity contribution >= 4 is 34.8 Å². The maximum Gasteiger partial charge on any atom is 0.138 e. The Morgan fingerprint density at radius 1 is 1.06 bits per heavy atom. The highest BCUT2D eigenvalue weighted by Gasteiger charge is 2.32. The van der Waals surface area contributed by atoms with Crippen LogP contribution < -0.4 is 4.74 Å². The van der Waals surface area contributed by atoms with E-state index in [1.807, 2.05) is 48.5 Å². The summed E-state index contributed by atoms with van der Waals surface area (Å²) in [6, 6.07) is 19.9. The lowest BCUT2D eigenvalue weighted by Gasteiger charge is -2.38. The van der Waals surface area contributed by atoms with Crippen LogP contribution in [0, 0.1) is 0 Å². The third kappa shape index (κ3) is 5.75. The van der Waals surface area contributed by atoms with Crippen molar-refractivity contribution in [2.75, 3.05) is 26.7 Å². The second-order valence-electron chi connectivity index (χ2n) is 8.60. The molecule has 1 unspecified atom stereocenters. The predicted octanol–water partition coefficient (Wildman–Crippen LogP) is 5.42. The van der Waals surface area contributed by atoms with Gasteiger partial charge in [-0.25, -0.2) is 0 Å². The summed E-state index contributed by atoms with van der Waals surface area (Å²) in [5.41, 5.74) is 1.45. The second-order valence-corrected chi connectivity index (χ2v) is 8.97. The van der Waals surface area contributed by atoms with Gasteiger partial charge in [0.2, 0.25) is 0 Å². The smallest absolute Gasteiger partial charge is 0.138 e. The first-order valence-corrected chi connectivity index (χ1v) is 11.3. The van der Waals surface area contributed by atoms with E-state index >= 15 is 0 Å². The van der Waals surface area contributed by atoms with Gasteiger partial charge in [0.05, 0.1) is 23.8 Å². The third-order valence-electron chi connectivity index (χ3n) is 6.43. The summed E-state index contributed by atoms with van der Waals surface area (Å²) in [7, 11) is 1.61. The maximum absolute atomic E-state index is 11.0. The molecule has 3 aromatic carbocycles. The first-order valence-electron chi connectivity index (χ1n) is 10.9. The fourth-order valence-electron chi connectivity index (χ4n) is 4.47. The van der Waals surface area contributed by atoms with Gasteiger partial charge in [0.1, 0.15) is 5.75 Å². The van der Waals surface area contributed by atoms with Crippen LogP contribution in [0.4, 0.5) is 0 Å². The molecule has 6 heteroatoms. The average molecular weight is 476 g/mol. The van der Waals surface area contributed by atoms with Crippen LogP contribution in [0.15, 0.2) is 60.7 Å². The molecule has 0 radical (unpaired) electrons. The summed E-state index contributed by atoms with van der Waals surface area (Å²) in [4.78, 5) is 2.34. The zero-order valence-electron chi connectivity index (χ0n) is 18.3. The van der Waals surface area contributed by atoms with Crippen molar-refractivity contribution in [3.8, 4) is 5.75 Å². The Bertz CT molecular complexity index is 1020. The number of aliphatic hydroxyl groups is 2. The van der Waals surface area contributed by atoms with Crippen LogP contribution in [-0.4, -0.2) is 47.5 Å². The van der Waals surface area contributed by atoms with Gasteiger partial charge in [-0.3, -0.25) is 0 Å². The minimum atomic E-state index is -0.630. The van der Waals surface area contributed by atoms with Gasteiger partial charge in [-0.05, 0) is 47.9 Å². The fraction of sp³-hybridized carbons (Fsp3) is 0.385. The summed E-state index contributed by atoms with van der Waals surface area (Å²) in [5.74, 6) is 0.653. The van der Waals surface area contributed by atoms with E-state index in [0.29, 0.717) is 23.6 Å². The van der Waals surface area contributed by atoms with Gasteiger partial charge >= 0.3 is 0 Å². The number of benzene rings is 3. The number of fused-ring (bicyclic) bond motifs is 1. The molecule has 1 heterocycles. The van der Waals surface area contributed by atoms with E-state index in [9.17, 15) is 10.2 Å². The zero-order valence-corrected chi connectivity index (χ0v) is 19.9. The Hall–Kier alpha value is -1.82. The van der Waals surface area contributed by atoms with E-state index in [1.54, 1.807) is 7.11 Å². The summed E-state index contributed by atoms with van der Waals surface area (Å²) >= 11 is 6.40. The van der Waals surface area contributed by atoms with E-state index in [0.717, 1.165) is 48.8 Å². The van der Waals surface area contributed by atoms with Crippen LogP contribution in [-0.2, 0) is 6.42 Å². The summed E-state index contributed by atoms with van der Waals surface area (Å²) < 4.78 is 5.28. The lowest BCUT2D eigenvalue weighted by Crippen LogP contribution is -2.46. The highest BCUT2D eigenvalue weighted by molar-refractivity contribution is 6.37. The van der Waals surface area contributed by atoms with E-state index in [2.05, 4.69) is 17.0 Å². The molecule has 0 aromatic heterocycles. The Kier molecular flexibility index (Phi) is 8.43. The number of nitrogens with zero attached hydrogens (tertiary/aromatic N) is 1.